The van der Waals surface area contributed by atoms with Crippen LogP contribution in [0.2, 0.25) is 5.02 Å². The molecule has 1 heterocycles. The van der Waals surface area contributed by atoms with Crippen molar-refractivity contribution < 1.29 is 13.5 Å². The third-order valence-corrected chi connectivity index (χ3v) is 5.78. The molecule has 0 bridgehead atoms. The Morgan fingerprint density at radius 3 is 2.86 bits per heavy atom. The van der Waals surface area contributed by atoms with Crippen molar-refractivity contribution in [2.45, 2.75) is 25.8 Å². The minimum absolute atomic E-state index is 0.0194. The average molecular weight is 333 g/mol. The fourth-order valence-corrected chi connectivity index (χ4v) is 4.38. The monoisotopic (exact) mass is 332 g/mol. The lowest BCUT2D eigenvalue weighted by molar-refractivity contribution is 0.164. The van der Waals surface area contributed by atoms with Gasteiger partial charge in [0.05, 0.1) is 0 Å². The number of nitrogens with one attached hydrogen (secondary N) is 1. The van der Waals surface area contributed by atoms with Gasteiger partial charge in [0.2, 0.25) is 0 Å². The van der Waals surface area contributed by atoms with Gasteiger partial charge >= 0.3 is 0 Å². The maximum atomic E-state index is 12.4. The smallest absolute Gasteiger partial charge is 0.280 e. The highest BCUT2D eigenvalue weighted by molar-refractivity contribution is 7.87. The fourth-order valence-electron chi connectivity index (χ4n) is 2.58. The molecule has 0 spiro atoms. The van der Waals surface area contributed by atoms with Crippen LogP contribution < -0.4 is 4.72 Å². The molecule has 1 saturated heterocycles. The van der Waals surface area contributed by atoms with Gasteiger partial charge < -0.3 is 5.11 Å². The van der Waals surface area contributed by atoms with Gasteiger partial charge in [-0.2, -0.15) is 17.4 Å². The predicted molar refractivity (Wildman–Crippen MR) is 83.3 cm³/mol. The van der Waals surface area contributed by atoms with Crippen LogP contribution in [0.3, 0.4) is 0 Å². The maximum Gasteiger partial charge on any atom is 0.280 e. The molecule has 1 aliphatic heterocycles. The number of piperidine rings is 1. The van der Waals surface area contributed by atoms with Crippen molar-refractivity contribution in [1.82, 2.24) is 9.03 Å². The van der Waals surface area contributed by atoms with Gasteiger partial charge in [-0.25, -0.2) is 0 Å². The molecule has 0 aromatic heterocycles. The molecule has 118 valence electrons. The molecule has 5 nitrogen and oxygen atoms in total. The number of hydrogen-bond acceptors (Lipinski definition) is 3. The maximum absolute atomic E-state index is 12.4. The third-order valence-electron chi connectivity index (χ3n) is 3.78. The zero-order valence-corrected chi connectivity index (χ0v) is 13.6. The summed E-state index contributed by atoms with van der Waals surface area (Å²) in [6, 6.07) is 6.78. The quantitative estimate of drug-likeness (QED) is 0.865. The van der Waals surface area contributed by atoms with E-state index in [4.69, 9.17) is 11.6 Å². The summed E-state index contributed by atoms with van der Waals surface area (Å²) in [4.78, 5) is 0. The summed E-state index contributed by atoms with van der Waals surface area (Å²) in [5.74, 6) is 0.0194. The second-order valence-corrected chi connectivity index (χ2v) is 7.52. The fraction of sp³-hybridized carbons (Fsp3) is 0.571. The van der Waals surface area contributed by atoms with Crippen molar-refractivity contribution in [3.05, 3.63) is 34.9 Å². The van der Waals surface area contributed by atoms with E-state index >= 15 is 0 Å². The minimum Gasteiger partial charge on any atom is -0.396 e. The number of hydrogen-bond donors (Lipinski definition) is 2. The molecule has 21 heavy (non-hydrogen) atoms. The van der Waals surface area contributed by atoms with E-state index in [1.165, 1.54) is 4.31 Å². The van der Waals surface area contributed by atoms with Crippen LogP contribution in [-0.2, 0) is 10.2 Å². The normalized spacial score (nSPS) is 22.1. The van der Waals surface area contributed by atoms with E-state index in [1.54, 1.807) is 13.0 Å². The second kappa shape index (κ2) is 7.07. The molecule has 2 unspecified atom stereocenters. The molecule has 1 aromatic rings. The summed E-state index contributed by atoms with van der Waals surface area (Å²) in [5, 5.41) is 9.75. The first kappa shape index (κ1) is 16.7. The number of nitrogens with zero attached hydrogens (tertiary/aromatic N) is 1. The molecule has 1 aliphatic rings. The molecular formula is C14H21ClN2O3S. The van der Waals surface area contributed by atoms with E-state index in [2.05, 4.69) is 4.72 Å². The molecule has 0 aliphatic carbocycles. The predicted octanol–water partition coefficient (Wildman–Crippen LogP) is 1.94. The lowest BCUT2D eigenvalue weighted by Crippen LogP contribution is -2.47. The standard InChI is InChI=1S/C14H21ClN2O3S/c1-11(13-6-2-3-7-14(13)15)16-21(19,20)17-8-4-5-12(9-17)10-18/h2-3,6-7,11-12,16,18H,4-5,8-10H2,1H3. The van der Waals surface area contributed by atoms with Crippen molar-refractivity contribution in [2.24, 2.45) is 5.92 Å². The summed E-state index contributed by atoms with van der Waals surface area (Å²) in [5.41, 5.74) is 0.749. The Kier molecular flexibility index (Phi) is 5.62. The molecule has 1 fully saturated rings. The van der Waals surface area contributed by atoms with E-state index in [0.717, 1.165) is 18.4 Å². The highest BCUT2D eigenvalue weighted by Crippen LogP contribution is 2.24. The minimum atomic E-state index is -3.58. The number of rotatable bonds is 5. The van der Waals surface area contributed by atoms with Crippen LogP contribution in [0, 0.1) is 5.92 Å². The Morgan fingerprint density at radius 2 is 2.19 bits per heavy atom. The number of aliphatic hydroxyl groups is 1. The first-order chi connectivity index (χ1) is 9.94. The van der Waals surface area contributed by atoms with Gasteiger partial charge in [-0.3, -0.25) is 0 Å². The van der Waals surface area contributed by atoms with Crippen LogP contribution in [0.4, 0.5) is 0 Å². The van der Waals surface area contributed by atoms with Crippen LogP contribution in [0.5, 0.6) is 0 Å². The van der Waals surface area contributed by atoms with Crippen LogP contribution in [0.15, 0.2) is 24.3 Å². The van der Waals surface area contributed by atoms with Crippen LogP contribution >= 0.6 is 11.6 Å². The molecule has 2 N–H and O–H groups in total. The first-order valence-electron chi connectivity index (χ1n) is 7.06. The molecule has 7 heteroatoms. The Morgan fingerprint density at radius 1 is 1.48 bits per heavy atom. The van der Waals surface area contributed by atoms with Crippen LogP contribution in [0.25, 0.3) is 0 Å². The van der Waals surface area contributed by atoms with Crippen molar-refractivity contribution in [3.8, 4) is 0 Å². The summed E-state index contributed by atoms with van der Waals surface area (Å²) in [6.07, 6.45) is 1.63. The first-order valence-corrected chi connectivity index (χ1v) is 8.88. The molecule has 0 saturated carbocycles. The second-order valence-electron chi connectivity index (χ2n) is 5.41. The molecule has 0 radical (unpaired) electrons. The summed E-state index contributed by atoms with van der Waals surface area (Å²) in [7, 11) is -3.58. The molecule has 1 aromatic carbocycles. The van der Waals surface area contributed by atoms with Crippen molar-refractivity contribution in [1.29, 1.82) is 0 Å². The zero-order chi connectivity index (χ0) is 15.5. The topological polar surface area (TPSA) is 69.6 Å². The van der Waals surface area contributed by atoms with Gasteiger partial charge in [0, 0.05) is 30.8 Å². The molecule has 0 amide bonds. The summed E-state index contributed by atoms with van der Waals surface area (Å²) >= 11 is 6.10. The molecule has 2 rings (SSSR count). The number of halogens is 1. The van der Waals surface area contributed by atoms with Crippen molar-refractivity contribution in [3.63, 3.8) is 0 Å². The lowest BCUT2D eigenvalue weighted by atomic mass is 10.0. The Bertz CT molecular complexity index is 579. The van der Waals surface area contributed by atoms with Gasteiger partial charge in [-0.05, 0) is 37.3 Å². The van der Waals surface area contributed by atoms with E-state index < -0.39 is 16.3 Å². The summed E-state index contributed by atoms with van der Waals surface area (Å²) < 4.78 is 28.9. The van der Waals surface area contributed by atoms with Gasteiger partial charge in [-0.15, -0.1) is 0 Å². The lowest BCUT2D eigenvalue weighted by Gasteiger charge is -2.32. The van der Waals surface area contributed by atoms with E-state index in [9.17, 15) is 13.5 Å². The van der Waals surface area contributed by atoms with Crippen molar-refractivity contribution in [2.75, 3.05) is 19.7 Å². The Balaban J connectivity index is 2.08. The van der Waals surface area contributed by atoms with Crippen LogP contribution in [0.1, 0.15) is 31.4 Å². The van der Waals surface area contributed by atoms with E-state index in [0.29, 0.717) is 18.1 Å². The Hall–Kier alpha value is -0.660. The number of benzene rings is 1. The third kappa shape index (κ3) is 4.17. The van der Waals surface area contributed by atoms with Gasteiger partial charge in [0.1, 0.15) is 0 Å². The highest BCUT2D eigenvalue weighted by atomic mass is 35.5. The largest absolute Gasteiger partial charge is 0.396 e. The van der Waals surface area contributed by atoms with Crippen LogP contribution in [-0.4, -0.2) is 37.5 Å². The number of aliphatic hydroxyl groups excluding tert-OH is 1. The van der Waals surface area contributed by atoms with E-state index in [1.807, 2.05) is 18.2 Å². The van der Waals surface area contributed by atoms with Crippen molar-refractivity contribution >= 4 is 21.8 Å². The molecule has 2 atom stereocenters. The van der Waals surface area contributed by atoms with Gasteiger partial charge in [0.15, 0.2) is 0 Å². The zero-order valence-electron chi connectivity index (χ0n) is 12.0. The van der Waals surface area contributed by atoms with Gasteiger partial charge in [0.25, 0.3) is 10.2 Å². The molecular weight excluding hydrogens is 312 g/mol. The van der Waals surface area contributed by atoms with E-state index in [-0.39, 0.29) is 12.5 Å². The Labute approximate surface area is 131 Å². The van der Waals surface area contributed by atoms with Gasteiger partial charge in [-0.1, -0.05) is 29.8 Å². The highest BCUT2D eigenvalue weighted by Gasteiger charge is 2.30. The summed E-state index contributed by atoms with van der Waals surface area (Å²) in [6.45, 7) is 2.64. The SMILES string of the molecule is CC(NS(=O)(=O)N1CCCC(CO)C1)c1ccccc1Cl. The average Bonchev–Trinajstić information content (AvgIpc) is 2.47.